The van der Waals surface area contributed by atoms with Crippen LogP contribution >= 0.6 is 0 Å². The second-order valence-electron chi connectivity index (χ2n) is 11.6. The molecule has 8 nitrogen and oxygen atoms in total. The maximum absolute atomic E-state index is 12.0. The van der Waals surface area contributed by atoms with Gasteiger partial charge in [0.2, 0.25) is 0 Å². The van der Waals surface area contributed by atoms with Crippen molar-refractivity contribution in [2.75, 3.05) is 0 Å². The second kappa shape index (κ2) is 11.4. The van der Waals surface area contributed by atoms with Gasteiger partial charge in [-0.25, -0.2) is 0 Å². The smallest absolute Gasteiger partial charge is 0.320 e. The number of carbonyl (C=O) groups excluding carboxylic acids is 4. The number of rotatable bonds is 4. The van der Waals surface area contributed by atoms with Gasteiger partial charge in [0.25, 0.3) is 0 Å². The van der Waals surface area contributed by atoms with E-state index in [0.717, 1.165) is 6.42 Å². The average Bonchev–Trinajstić information content (AvgIpc) is 3.85. The van der Waals surface area contributed by atoms with Crippen LogP contribution in [0.5, 0.6) is 0 Å². The van der Waals surface area contributed by atoms with Crippen molar-refractivity contribution in [3.8, 4) is 0 Å². The molecule has 8 heteroatoms. The zero-order chi connectivity index (χ0) is 29.5. The van der Waals surface area contributed by atoms with Crippen LogP contribution < -0.4 is 0 Å². The maximum Gasteiger partial charge on any atom is 0.320 e. The number of benzene rings is 2. The lowest BCUT2D eigenvalue weighted by Gasteiger charge is -2.35. The Kier molecular flexibility index (Phi) is 7.68. The summed E-state index contributed by atoms with van der Waals surface area (Å²) in [5.41, 5.74) is 2.46. The van der Waals surface area contributed by atoms with Crippen molar-refractivity contribution < 1.29 is 38.1 Å². The fraction of sp³-hybridized carbons (Fsp3) is 0.412. The molecule has 6 heterocycles. The topological polar surface area (TPSA) is 105 Å². The van der Waals surface area contributed by atoms with E-state index in [-0.39, 0.29) is 65.9 Å². The number of hydrogen-bond acceptors (Lipinski definition) is 8. The van der Waals surface area contributed by atoms with Crippen molar-refractivity contribution in [3.63, 3.8) is 0 Å². The van der Waals surface area contributed by atoms with E-state index < -0.39 is 17.9 Å². The highest BCUT2D eigenvalue weighted by Crippen LogP contribution is 2.57. The molecule has 0 aliphatic carbocycles. The molecule has 6 aliphatic heterocycles. The Bertz CT molecular complexity index is 1370. The number of carbonyl (C=O) groups is 4. The third-order valence-electron chi connectivity index (χ3n) is 9.47. The molecule has 0 amide bonds. The highest BCUT2D eigenvalue weighted by atomic mass is 16.6. The molecular formula is C34H34O8. The maximum atomic E-state index is 12.0. The van der Waals surface area contributed by atoms with Crippen molar-refractivity contribution in [3.05, 3.63) is 90.5 Å². The second-order valence-corrected chi connectivity index (χ2v) is 11.6. The molecule has 0 aromatic heterocycles. The Morgan fingerprint density at radius 2 is 1.21 bits per heavy atom. The Morgan fingerprint density at radius 1 is 0.714 bits per heavy atom. The monoisotopic (exact) mass is 570 g/mol. The van der Waals surface area contributed by atoms with E-state index in [9.17, 15) is 19.2 Å². The van der Waals surface area contributed by atoms with Gasteiger partial charge in [-0.15, -0.1) is 0 Å². The quantitative estimate of drug-likeness (QED) is 0.301. The summed E-state index contributed by atoms with van der Waals surface area (Å²) < 4.78 is 20.8. The molecular weight excluding hydrogens is 536 g/mol. The molecule has 8 rings (SSSR count). The fourth-order valence-electron chi connectivity index (χ4n) is 7.58. The predicted molar refractivity (Wildman–Crippen MR) is 151 cm³/mol. The summed E-state index contributed by atoms with van der Waals surface area (Å²) in [5.74, 6) is -2.28. The van der Waals surface area contributed by atoms with Gasteiger partial charge in [0.15, 0.2) is 0 Å². The van der Waals surface area contributed by atoms with Crippen molar-refractivity contribution in [1.82, 2.24) is 0 Å². The van der Waals surface area contributed by atoms with E-state index >= 15 is 0 Å². The van der Waals surface area contributed by atoms with Gasteiger partial charge >= 0.3 is 23.9 Å². The first-order valence-corrected chi connectivity index (χ1v) is 14.6. The van der Waals surface area contributed by atoms with Gasteiger partial charge in [0, 0.05) is 0 Å². The standard InChI is InChI=1S/C18H20O4.C8H6O4.C8H8/c1-3-11(10-7-5-4-6-8-10)12-9(2)15-13-14(16(12)21-15)18(20)22-17(13)19;9-7-5-3-1-2-4(11-3)6(5)8(10)12-7;1-2-8-6-4-3-5-7-8/h4-9,11-16H,3H2,1-2H3;1-6H;2-7H,1H2. The van der Waals surface area contributed by atoms with Crippen molar-refractivity contribution in [2.24, 2.45) is 35.5 Å². The molecule has 5 fully saturated rings. The average molecular weight is 571 g/mol. The normalized spacial score (nSPS) is 36.7. The molecule has 4 bridgehead atoms. The van der Waals surface area contributed by atoms with Gasteiger partial charge < -0.3 is 18.9 Å². The van der Waals surface area contributed by atoms with Gasteiger partial charge in [0.1, 0.15) is 11.8 Å². The molecule has 2 aromatic rings. The lowest BCUT2D eigenvalue weighted by Crippen LogP contribution is -2.42. The third kappa shape index (κ3) is 4.72. The molecule has 218 valence electrons. The van der Waals surface area contributed by atoms with Crippen LogP contribution in [0.15, 0.2) is 79.4 Å². The summed E-state index contributed by atoms with van der Waals surface area (Å²) in [4.78, 5) is 46.1. The van der Waals surface area contributed by atoms with Gasteiger partial charge in [-0.05, 0) is 35.3 Å². The van der Waals surface area contributed by atoms with Crippen LogP contribution in [0.3, 0.4) is 0 Å². The Hall–Kier alpha value is -3.88. The van der Waals surface area contributed by atoms with Crippen LogP contribution in [0.2, 0.25) is 0 Å². The predicted octanol–water partition coefficient (Wildman–Crippen LogP) is 4.50. The third-order valence-corrected chi connectivity index (χ3v) is 9.47. The van der Waals surface area contributed by atoms with E-state index in [0.29, 0.717) is 5.92 Å². The minimum Gasteiger partial charge on any atom is -0.393 e. The Morgan fingerprint density at radius 3 is 1.71 bits per heavy atom. The minimum absolute atomic E-state index is 0.170. The summed E-state index contributed by atoms with van der Waals surface area (Å²) in [6, 6.07) is 20.4. The van der Waals surface area contributed by atoms with Crippen molar-refractivity contribution in [1.29, 1.82) is 0 Å². The van der Waals surface area contributed by atoms with Crippen molar-refractivity contribution >= 4 is 30.0 Å². The number of esters is 4. The lowest BCUT2D eigenvalue weighted by atomic mass is 9.64. The van der Waals surface area contributed by atoms with Gasteiger partial charge in [-0.3, -0.25) is 19.2 Å². The first kappa shape index (κ1) is 28.2. The van der Waals surface area contributed by atoms with Gasteiger partial charge in [0.05, 0.1) is 36.3 Å². The van der Waals surface area contributed by atoms with E-state index in [1.807, 2.05) is 66.8 Å². The SMILES string of the molecule is C=Cc1ccccc1.CCC(c1ccccc1)C1C(C)C2OC1C1C(=O)OC(=O)C21.O=C1OC(=O)C2C3C=CC(O3)C12. The number of fused-ring (bicyclic) bond motifs is 10. The summed E-state index contributed by atoms with van der Waals surface area (Å²) in [6.45, 7) is 7.95. The Balaban J connectivity index is 0.000000131. The van der Waals surface area contributed by atoms with Crippen LogP contribution in [0.1, 0.15) is 37.3 Å². The molecule has 0 N–H and O–H groups in total. The summed E-state index contributed by atoms with van der Waals surface area (Å²) in [7, 11) is 0. The molecule has 0 radical (unpaired) electrons. The summed E-state index contributed by atoms with van der Waals surface area (Å²) >= 11 is 0. The molecule has 5 saturated heterocycles. The molecule has 0 spiro atoms. The highest BCUT2D eigenvalue weighted by molar-refractivity contribution is 5.99. The van der Waals surface area contributed by atoms with E-state index in [1.165, 1.54) is 11.1 Å². The van der Waals surface area contributed by atoms with Gasteiger partial charge in [-0.1, -0.05) is 99.3 Å². The zero-order valence-electron chi connectivity index (χ0n) is 23.5. The highest BCUT2D eigenvalue weighted by Gasteiger charge is 2.68. The summed E-state index contributed by atoms with van der Waals surface area (Å²) in [5, 5.41) is 0. The van der Waals surface area contributed by atoms with Crippen LogP contribution in [0.25, 0.3) is 6.08 Å². The number of hydrogen-bond donors (Lipinski definition) is 0. The molecule has 2 aromatic carbocycles. The zero-order valence-corrected chi connectivity index (χ0v) is 23.5. The van der Waals surface area contributed by atoms with Crippen LogP contribution in [-0.4, -0.2) is 48.3 Å². The van der Waals surface area contributed by atoms with Crippen molar-refractivity contribution in [2.45, 2.75) is 50.6 Å². The Labute approximate surface area is 244 Å². The molecule has 11 unspecified atom stereocenters. The fourth-order valence-corrected chi connectivity index (χ4v) is 7.58. The summed E-state index contributed by atoms with van der Waals surface area (Å²) in [6.07, 6.45) is 5.67. The molecule has 42 heavy (non-hydrogen) atoms. The molecule has 11 atom stereocenters. The number of cyclic esters (lactones) is 4. The van der Waals surface area contributed by atoms with E-state index in [1.54, 1.807) is 0 Å². The van der Waals surface area contributed by atoms with E-state index in [4.69, 9.17) is 14.2 Å². The van der Waals surface area contributed by atoms with Crippen LogP contribution in [-0.2, 0) is 38.1 Å². The van der Waals surface area contributed by atoms with Crippen LogP contribution in [0, 0.1) is 35.5 Å². The lowest BCUT2D eigenvalue weighted by molar-refractivity contribution is -0.158. The molecule has 0 saturated carbocycles. The molecule has 6 aliphatic rings. The minimum atomic E-state index is -0.429. The first-order chi connectivity index (χ1) is 20.3. The largest absolute Gasteiger partial charge is 0.393 e. The number of ether oxygens (including phenoxy) is 4. The van der Waals surface area contributed by atoms with Crippen LogP contribution in [0.4, 0.5) is 0 Å². The van der Waals surface area contributed by atoms with Gasteiger partial charge in [-0.2, -0.15) is 0 Å². The van der Waals surface area contributed by atoms with E-state index in [2.05, 4.69) is 37.3 Å². The first-order valence-electron chi connectivity index (χ1n) is 14.6.